The molecule has 0 aliphatic carbocycles. The van der Waals surface area contributed by atoms with Crippen LogP contribution in [0.25, 0.3) is 0 Å². The summed E-state index contributed by atoms with van der Waals surface area (Å²) in [6, 6.07) is 6.71. The van der Waals surface area contributed by atoms with Gasteiger partial charge in [-0.25, -0.2) is 9.78 Å². The molecule has 116 valence electrons. The third-order valence-electron chi connectivity index (χ3n) is 2.67. The first-order chi connectivity index (χ1) is 10.4. The highest BCUT2D eigenvalue weighted by atomic mass is 32.1. The number of urea groups is 1. The molecule has 0 saturated heterocycles. The van der Waals surface area contributed by atoms with E-state index in [0.29, 0.717) is 17.1 Å². The molecule has 1 aromatic heterocycles. The first-order valence-corrected chi connectivity index (χ1v) is 7.73. The molecule has 0 saturated carbocycles. The van der Waals surface area contributed by atoms with E-state index < -0.39 is 0 Å². The van der Waals surface area contributed by atoms with E-state index in [9.17, 15) is 9.59 Å². The number of hydrogen-bond donors (Lipinski definition) is 3. The van der Waals surface area contributed by atoms with Gasteiger partial charge in [-0.15, -0.1) is 11.3 Å². The Bertz CT molecular complexity index is 664. The molecule has 22 heavy (non-hydrogen) atoms. The standard InChI is InChI=1S/C15H18N4O2S/c1-9(2)16-15(21)19-12-6-4-11(5-7-12)18-14(20)13-8-22-10(3)17-13/h4-9H,1-3H3,(H,18,20)(H2,16,19,21). The average Bonchev–Trinajstić information content (AvgIpc) is 2.87. The van der Waals surface area contributed by atoms with Gasteiger partial charge in [0.25, 0.3) is 5.91 Å². The third-order valence-corrected chi connectivity index (χ3v) is 3.45. The SMILES string of the molecule is Cc1nc(C(=O)Nc2ccc(NC(=O)NC(C)C)cc2)cs1. The Morgan fingerprint density at radius 1 is 1.09 bits per heavy atom. The number of aromatic nitrogens is 1. The van der Waals surface area contributed by atoms with Crippen LogP contribution < -0.4 is 16.0 Å². The predicted molar refractivity (Wildman–Crippen MR) is 88.5 cm³/mol. The Kier molecular flexibility index (Phi) is 5.11. The Morgan fingerprint density at radius 2 is 1.68 bits per heavy atom. The monoisotopic (exact) mass is 318 g/mol. The van der Waals surface area contributed by atoms with Gasteiger partial charge in [-0.1, -0.05) is 0 Å². The zero-order valence-corrected chi connectivity index (χ0v) is 13.5. The molecule has 1 aromatic carbocycles. The van der Waals surface area contributed by atoms with Gasteiger partial charge < -0.3 is 16.0 Å². The molecule has 0 unspecified atom stereocenters. The van der Waals surface area contributed by atoms with Crippen LogP contribution in [0.4, 0.5) is 16.2 Å². The van der Waals surface area contributed by atoms with Gasteiger partial charge in [-0.05, 0) is 45.0 Å². The molecule has 0 bridgehead atoms. The van der Waals surface area contributed by atoms with Crippen molar-refractivity contribution >= 4 is 34.6 Å². The number of nitrogens with zero attached hydrogens (tertiary/aromatic N) is 1. The van der Waals surface area contributed by atoms with Crippen molar-refractivity contribution in [3.63, 3.8) is 0 Å². The molecule has 0 radical (unpaired) electrons. The second-order valence-corrected chi connectivity index (χ2v) is 6.10. The van der Waals surface area contributed by atoms with Crippen LogP contribution in [0.5, 0.6) is 0 Å². The summed E-state index contributed by atoms with van der Waals surface area (Å²) in [5.74, 6) is -0.248. The molecule has 2 rings (SSSR count). The number of thiazole rings is 1. The number of amides is 3. The predicted octanol–water partition coefficient (Wildman–Crippen LogP) is 3.23. The largest absolute Gasteiger partial charge is 0.336 e. The molecule has 0 aliphatic rings. The minimum atomic E-state index is -0.260. The van der Waals surface area contributed by atoms with E-state index in [-0.39, 0.29) is 18.0 Å². The zero-order valence-electron chi connectivity index (χ0n) is 12.6. The minimum Gasteiger partial charge on any atom is -0.336 e. The zero-order chi connectivity index (χ0) is 16.1. The topological polar surface area (TPSA) is 83.1 Å². The minimum absolute atomic E-state index is 0.0696. The molecule has 7 heteroatoms. The fourth-order valence-corrected chi connectivity index (χ4v) is 2.32. The van der Waals surface area contributed by atoms with Crippen LogP contribution in [0.15, 0.2) is 29.6 Å². The summed E-state index contributed by atoms with van der Waals surface area (Å²) in [6.45, 7) is 5.63. The Hall–Kier alpha value is -2.41. The van der Waals surface area contributed by atoms with E-state index in [1.807, 2.05) is 20.8 Å². The highest BCUT2D eigenvalue weighted by molar-refractivity contribution is 7.09. The van der Waals surface area contributed by atoms with Gasteiger partial charge in [0.15, 0.2) is 0 Å². The second-order valence-electron chi connectivity index (χ2n) is 5.04. The van der Waals surface area contributed by atoms with Crippen molar-refractivity contribution in [3.05, 3.63) is 40.3 Å². The number of carbonyl (C=O) groups is 2. The Labute approximate surface area is 133 Å². The van der Waals surface area contributed by atoms with Crippen LogP contribution in [0.3, 0.4) is 0 Å². The van der Waals surface area contributed by atoms with E-state index in [4.69, 9.17) is 0 Å². The number of aryl methyl sites for hydroxylation is 1. The third kappa shape index (κ3) is 4.56. The van der Waals surface area contributed by atoms with Crippen molar-refractivity contribution in [3.8, 4) is 0 Å². The quantitative estimate of drug-likeness (QED) is 0.809. The van der Waals surface area contributed by atoms with Crippen LogP contribution in [0.2, 0.25) is 0 Å². The van der Waals surface area contributed by atoms with Crippen molar-refractivity contribution < 1.29 is 9.59 Å². The maximum atomic E-state index is 12.0. The highest BCUT2D eigenvalue weighted by Gasteiger charge is 2.09. The summed E-state index contributed by atoms with van der Waals surface area (Å²) >= 11 is 1.43. The van der Waals surface area contributed by atoms with Crippen molar-refractivity contribution in [1.82, 2.24) is 10.3 Å². The van der Waals surface area contributed by atoms with Crippen molar-refractivity contribution in [2.45, 2.75) is 26.8 Å². The lowest BCUT2D eigenvalue weighted by molar-refractivity contribution is 0.102. The number of anilines is 2. The maximum Gasteiger partial charge on any atom is 0.319 e. The smallest absolute Gasteiger partial charge is 0.319 e. The number of hydrogen-bond acceptors (Lipinski definition) is 4. The van der Waals surface area contributed by atoms with E-state index in [0.717, 1.165) is 5.01 Å². The fourth-order valence-electron chi connectivity index (χ4n) is 1.73. The maximum absolute atomic E-state index is 12.0. The molecule has 0 fully saturated rings. The van der Waals surface area contributed by atoms with Crippen LogP contribution in [-0.4, -0.2) is 23.0 Å². The van der Waals surface area contributed by atoms with Crippen molar-refractivity contribution in [2.75, 3.05) is 10.6 Å². The molecule has 2 aromatic rings. The van der Waals surface area contributed by atoms with Gasteiger partial charge in [-0.3, -0.25) is 4.79 Å². The number of rotatable bonds is 4. The van der Waals surface area contributed by atoms with Gasteiger partial charge in [-0.2, -0.15) is 0 Å². The Morgan fingerprint density at radius 3 is 2.18 bits per heavy atom. The molecule has 1 heterocycles. The van der Waals surface area contributed by atoms with Crippen LogP contribution in [0, 0.1) is 6.92 Å². The lowest BCUT2D eigenvalue weighted by Crippen LogP contribution is -2.34. The molecule has 0 spiro atoms. The average molecular weight is 318 g/mol. The summed E-state index contributed by atoms with van der Waals surface area (Å²) < 4.78 is 0. The van der Waals surface area contributed by atoms with Crippen LogP contribution in [-0.2, 0) is 0 Å². The van der Waals surface area contributed by atoms with E-state index in [1.54, 1.807) is 29.6 Å². The summed E-state index contributed by atoms with van der Waals surface area (Å²) in [5, 5.41) is 10.8. The highest BCUT2D eigenvalue weighted by Crippen LogP contribution is 2.15. The molecule has 0 aliphatic heterocycles. The van der Waals surface area contributed by atoms with Crippen molar-refractivity contribution in [2.24, 2.45) is 0 Å². The molecule has 3 N–H and O–H groups in total. The van der Waals surface area contributed by atoms with Gasteiger partial charge >= 0.3 is 6.03 Å². The number of carbonyl (C=O) groups excluding carboxylic acids is 2. The summed E-state index contributed by atoms with van der Waals surface area (Å²) in [5.41, 5.74) is 1.70. The van der Waals surface area contributed by atoms with Gasteiger partial charge in [0.05, 0.1) is 5.01 Å². The summed E-state index contributed by atoms with van der Waals surface area (Å²) in [4.78, 5) is 27.7. The van der Waals surface area contributed by atoms with Crippen LogP contribution in [0.1, 0.15) is 29.3 Å². The van der Waals surface area contributed by atoms with Crippen LogP contribution >= 0.6 is 11.3 Å². The van der Waals surface area contributed by atoms with Gasteiger partial charge in [0.1, 0.15) is 5.69 Å². The second kappa shape index (κ2) is 7.04. The van der Waals surface area contributed by atoms with Crippen molar-refractivity contribution in [1.29, 1.82) is 0 Å². The summed E-state index contributed by atoms with van der Waals surface area (Å²) in [6.07, 6.45) is 0. The van der Waals surface area contributed by atoms with E-state index >= 15 is 0 Å². The lowest BCUT2D eigenvalue weighted by Gasteiger charge is -2.10. The lowest BCUT2D eigenvalue weighted by atomic mass is 10.2. The number of benzene rings is 1. The first kappa shape index (κ1) is 16.0. The van der Waals surface area contributed by atoms with E-state index in [2.05, 4.69) is 20.9 Å². The normalized spacial score (nSPS) is 10.4. The van der Waals surface area contributed by atoms with E-state index in [1.165, 1.54) is 11.3 Å². The fraction of sp³-hybridized carbons (Fsp3) is 0.267. The molecule has 0 atom stereocenters. The van der Waals surface area contributed by atoms with Gasteiger partial charge in [0.2, 0.25) is 0 Å². The summed E-state index contributed by atoms with van der Waals surface area (Å²) in [7, 11) is 0. The Balaban J connectivity index is 1.94. The van der Waals surface area contributed by atoms with Gasteiger partial charge in [0, 0.05) is 22.8 Å². The first-order valence-electron chi connectivity index (χ1n) is 6.85. The molecule has 6 nitrogen and oxygen atoms in total. The molecular weight excluding hydrogens is 300 g/mol. The molecular formula is C15H18N4O2S. The molecule has 3 amide bonds. The number of nitrogens with one attached hydrogen (secondary N) is 3.